The molecular formula is C20H17ClN2O5. The summed E-state index contributed by atoms with van der Waals surface area (Å²) in [6.45, 7) is 3.78. The van der Waals surface area contributed by atoms with Crippen LogP contribution in [0.15, 0.2) is 30.3 Å². The topological polar surface area (TPSA) is 89.8 Å². The number of nitrogens with zero attached hydrogens (tertiary/aromatic N) is 2. The van der Waals surface area contributed by atoms with Crippen LogP contribution in [0.2, 0.25) is 5.02 Å². The Morgan fingerprint density at radius 2 is 1.71 bits per heavy atom. The van der Waals surface area contributed by atoms with Crippen LogP contribution in [0.5, 0.6) is 0 Å². The normalized spacial score (nSPS) is 33.8. The highest BCUT2D eigenvalue weighted by Gasteiger charge is 2.72. The van der Waals surface area contributed by atoms with E-state index in [0.717, 1.165) is 12.8 Å². The molecule has 4 unspecified atom stereocenters. The first kappa shape index (κ1) is 17.6. The Morgan fingerprint density at radius 1 is 1.11 bits per heavy atom. The van der Waals surface area contributed by atoms with Crippen molar-refractivity contribution in [3.05, 3.63) is 45.5 Å². The maximum atomic E-state index is 13.3. The van der Waals surface area contributed by atoms with Gasteiger partial charge in [-0.25, -0.2) is 4.90 Å². The minimum atomic E-state index is -0.658. The third-order valence-electron chi connectivity index (χ3n) is 6.59. The summed E-state index contributed by atoms with van der Waals surface area (Å²) in [7, 11) is 0. The van der Waals surface area contributed by atoms with Gasteiger partial charge in [0.05, 0.1) is 44.1 Å². The fourth-order valence-corrected chi connectivity index (χ4v) is 5.65. The molecule has 3 aliphatic rings. The van der Waals surface area contributed by atoms with Crippen LogP contribution in [0.1, 0.15) is 26.7 Å². The molecule has 0 radical (unpaired) electrons. The van der Waals surface area contributed by atoms with Gasteiger partial charge >= 0.3 is 0 Å². The van der Waals surface area contributed by atoms with Crippen LogP contribution in [-0.2, 0) is 14.3 Å². The van der Waals surface area contributed by atoms with Gasteiger partial charge in [0.25, 0.3) is 5.69 Å². The van der Waals surface area contributed by atoms with Gasteiger partial charge in [-0.2, -0.15) is 0 Å². The summed E-state index contributed by atoms with van der Waals surface area (Å²) >= 11 is 6.24. The van der Waals surface area contributed by atoms with Gasteiger partial charge in [0.2, 0.25) is 11.8 Å². The maximum Gasteiger partial charge on any atom is 0.278 e. The van der Waals surface area contributed by atoms with E-state index in [9.17, 15) is 19.7 Å². The van der Waals surface area contributed by atoms with Crippen molar-refractivity contribution in [2.45, 2.75) is 37.9 Å². The first-order valence-electron chi connectivity index (χ1n) is 9.11. The van der Waals surface area contributed by atoms with Gasteiger partial charge in [-0.05, 0) is 38.8 Å². The Hall–Kier alpha value is -2.51. The summed E-state index contributed by atoms with van der Waals surface area (Å²) < 4.78 is 6.12. The first-order chi connectivity index (χ1) is 13.2. The van der Waals surface area contributed by atoms with E-state index in [0.29, 0.717) is 11.1 Å². The van der Waals surface area contributed by atoms with Crippen molar-refractivity contribution in [3.63, 3.8) is 0 Å². The molecule has 2 aromatic carbocycles. The molecular weight excluding hydrogens is 384 g/mol. The monoisotopic (exact) mass is 400 g/mol. The molecule has 3 heterocycles. The van der Waals surface area contributed by atoms with Crippen molar-refractivity contribution >= 4 is 45.6 Å². The van der Waals surface area contributed by atoms with Crippen molar-refractivity contribution in [2.75, 3.05) is 4.90 Å². The summed E-state index contributed by atoms with van der Waals surface area (Å²) in [5, 5.41) is 12.3. The number of amides is 2. The lowest BCUT2D eigenvalue weighted by Crippen LogP contribution is -2.40. The molecule has 0 N–H and O–H groups in total. The lowest BCUT2D eigenvalue weighted by atomic mass is 9.69. The number of ether oxygens (including phenoxy) is 1. The fourth-order valence-electron chi connectivity index (χ4n) is 5.38. The zero-order valence-electron chi connectivity index (χ0n) is 15.3. The van der Waals surface area contributed by atoms with Crippen molar-refractivity contribution in [2.24, 2.45) is 11.8 Å². The number of imide groups is 1. The number of carbonyl (C=O) groups is 2. The molecule has 3 fully saturated rings. The molecule has 0 spiro atoms. The average Bonchev–Trinajstić information content (AvgIpc) is 3.18. The maximum absolute atomic E-state index is 13.3. The largest absolute Gasteiger partial charge is 0.367 e. The smallest absolute Gasteiger partial charge is 0.278 e. The number of rotatable bonds is 2. The molecule has 28 heavy (non-hydrogen) atoms. The van der Waals surface area contributed by atoms with E-state index in [1.165, 1.54) is 17.0 Å². The predicted octanol–water partition coefficient (Wildman–Crippen LogP) is 3.85. The number of nitro groups is 1. The van der Waals surface area contributed by atoms with Crippen LogP contribution in [0.4, 0.5) is 11.4 Å². The zero-order chi connectivity index (χ0) is 20.0. The molecule has 3 aliphatic heterocycles. The van der Waals surface area contributed by atoms with Crippen molar-refractivity contribution < 1.29 is 19.2 Å². The Balaban J connectivity index is 1.72. The molecule has 2 bridgehead atoms. The molecule has 0 aromatic heterocycles. The van der Waals surface area contributed by atoms with Crippen LogP contribution in [0.25, 0.3) is 10.8 Å². The molecule has 3 saturated heterocycles. The van der Waals surface area contributed by atoms with E-state index in [-0.39, 0.29) is 27.9 Å². The summed E-state index contributed by atoms with van der Waals surface area (Å²) in [6, 6.07) is 7.61. The van der Waals surface area contributed by atoms with E-state index >= 15 is 0 Å². The van der Waals surface area contributed by atoms with E-state index in [2.05, 4.69) is 0 Å². The minimum absolute atomic E-state index is 0.161. The summed E-state index contributed by atoms with van der Waals surface area (Å²) in [5.74, 6) is -1.70. The highest BCUT2D eigenvalue weighted by atomic mass is 35.5. The Kier molecular flexibility index (Phi) is 3.33. The Labute approximate surface area is 165 Å². The summed E-state index contributed by atoms with van der Waals surface area (Å²) in [6.07, 6.45) is 1.45. The van der Waals surface area contributed by atoms with Crippen LogP contribution < -0.4 is 4.90 Å². The molecule has 2 aromatic rings. The van der Waals surface area contributed by atoms with Gasteiger partial charge in [-0.1, -0.05) is 23.7 Å². The molecule has 0 saturated carbocycles. The van der Waals surface area contributed by atoms with Gasteiger partial charge in [0, 0.05) is 11.5 Å². The SMILES string of the molecule is CC12CCC(C)(O1)C1C(=O)N(c3ccc([N+](=O)[O-])c4c(Cl)cccc34)C(=O)C12. The third-order valence-corrected chi connectivity index (χ3v) is 6.90. The lowest BCUT2D eigenvalue weighted by Gasteiger charge is -2.27. The Morgan fingerprint density at radius 3 is 2.29 bits per heavy atom. The Bertz CT molecular complexity index is 1070. The number of nitro benzene ring substituents is 1. The molecule has 7 nitrogen and oxygen atoms in total. The fraction of sp³-hybridized carbons (Fsp3) is 0.400. The highest BCUT2D eigenvalue weighted by molar-refractivity contribution is 6.37. The third kappa shape index (κ3) is 1.98. The standard InChI is InChI=1S/C20H17ClN2O5/c1-19-8-9-20(2,28-19)16-15(19)17(24)22(18(16)25)12-6-7-13(23(26)27)14-10(12)4-3-5-11(14)21/h3-7,15-16H,8-9H2,1-2H3. The van der Waals surface area contributed by atoms with Gasteiger partial charge in [-0.15, -0.1) is 0 Å². The molecule has 2 amide bonds. The molecule has 4 atom stereocenters. The number of hydrogen-bond donors (Lipinski definition) is 0. The molecule has 8 heteroatoms. The van der Waals surface area contributed by atoms with Crippen LogP contribution in [-0.4, -0.2) is 27.9 Å². The average molecular weight is 401 g/mol. The van der Waals surface area contributed by atoms with E-state index in [4.69, 9.17) is 16.3 Å². The van der Waals surface area contributed by atoms with Crippen molar-refractivity contribution in [3.8, 4) is 0 Å². The van der Waals surface area contributed by atoms with E-state index in [1.807, 2.05) is 13.8 Å². The highest BCUT2D eigenvalue weighted by Crippen LogP contribution is 2.61. The van der Waals surface area contributed by atoms with Crippen molar-refractivity contribution in [1.29, 1.82) is 0 Å². The van der Waals surface area contributed by atoms with Gasteiger partial charge < -0.3 is 4.74 Å². The number of hydrogen-bond acceptors (Lipinski definition) is 5. The van der Waals surface area contributed by atoms with Crippen molar-refractivity contribution in [1.82, 2.24) is 0 Å². The molecule has 5 rings (SSSR count). The summed E-state index contributed by atoms with van der Waals surface area (Å²) in [4.78, 5) is 38.8. The number of anilines is 1. The predicted molar refractivity (Wildman–Crippen MR) is 102 cm³/mol. The molecule has 0 aliphatic carbocycles. The number of halogens is 1. The van der Waals surface area contributed by atoms with Gasteiger partial charge in [0.1, 0.15) is 0 Å². The second-order valence-corrected chi connectivity index (χ2v) is 8.63. The molecule has 144 valence electrons. The second kappa shape index (κ2) is 5.30. The number of benzene rings is 2. The van der Waals surface area contributed by atoms with Gasteiger partial charge in [0.15, 0.2) is 0 Å². The number of non-ortho nitro benzene ring substituents is 1. The first-order valence-corrected chi connectivity index (χ1v) is 9.49. The van der Waals surface area contributed by atoms with E-state index < -0.39 is 28.0 Å². The summed E-state index contributed by atoms with van der Waals surface area (Å²) in [5.41, 5.74) is -1.14. The quantitative estimate of drug-likeness (QED) is 0.434. The van der Waals surface area contributed by atoms with E-state index in [1.54, 1.807) is 18.2 Å². The van der Waals surface area contributed by atoms with Crippen LogP contribution in [0.3, 0.4) is 0 Å². The van der Waals surface area contributed by atoms with Crippen LogP contribution >= 0.6 is 11.6 Å². The minimum Gasteiger partial charge on any atom is -0.367 e. The number of fused-ring (bicyclic) bond motifs is 6. The second-order valence-electron chi connectivity index (χ2n) is 8.22. The number of carbonyl (C=O) groups excluding carboxylic acids is 2. The zero-order valence-corrected chi connectivity index (χ0v) is 16.0. The van der Waals surface area contributed by atoms with Gasteiger partial charge in [-0.3, -0.25) is 19.7 Å². The lowest BCUT2D eigenvalue weighted by molar-refractivity contribution is -0.383. The van der Waals surface area contributed by atoms with Crippen LogP contribution in [0, 0.1) is 22.0 Å².